The van der Waals surface area contributed by atoms with Gasteiger partial charge in [0.1, 0.15) is 12.2 Å². The average Bonchev–Trinajstić information content (AvgIpc) is 2.73. The minimum absolute atomic E-state index is 0.0929. The molecule has 2 aromatic heterocycles. The van der Waals surface area contributed by atoms with Gasteiger partial charge in [-0.15, -0.1) is 0 Å². The fourth-order valence-corrected chi connectivity index (χ4v) is 2.97. The minimum Gasteiger partial charge on any atom is -0.311 e. The molecule has 96 valence electrons. The van der Waals surface area contributed by atoms with E-state index in [1.807, 2.05) is 20.2 Å². The largest absolute Gasteiger partial charge is 0.311 e. The Balaban J connectivity index is 2.26. The van der Waals surface area contributed by atoms with E-state index < -0.39 is 0 Å². The molecule has 0 saturated heterocycles. The van der Waals surface area contributed by atoms with E-state index in [4.69, 9.17) is 0 Å². The van der Waals surface area contributed by atoms with Gasteiger partial charge in [0.15, 0.2) is 0 Å². The highest BCUT2D eigenvalue weighted by atomic mass is 79.9. The molecule has 1 unspecified atom stereocenters. The molecule has 5 nitrogen and oxygen atoms in total. The Morgan fingerprint density at radius 2 is 2.17 bits per heavy atom. The molecule has 18 heavy (non-hydrogen) atoms. The van der Waals surface area contributed by atoms with Crippen LogP contribution in [0, 0.1) is 0 Å². The first-order valence-corrected chi connectivity index (χ1v) is 7.01. The maximum Gasteiger partial charge on any atom is 0.138 e. The lowest BCUT2D eigenvalue weighted by Gasteiger charge is -2.16. The van der Waals surface area contributed by atoms with Crippen LogP contribution in [0.2, 0.25) is 0 Å². The molecule has 2 rings (SSSR count). The molecular formula is C11H13Br2N5. The van der Waals surface area contributed by atoms with Gasteiger partial charge < -0.3 is 5.32 Å². The van der Waals surface area contributed by atoms with E-state index >= 15 is 0 Å². The van der Waals surface area contributed by atoms with Crippen molar-refractivity contribution in [2.75, 3.05) is 7.05 Å². The Bertz CT molecular complexity index is 540. The molecule has 1 atom stereocenters. The van der Waals surface area contributed by atoms with Crippen LogP contribution in [0.3, 0.4) is 0 Å². The summed E-state index contributed by atoms with van der Waals surface area (Å²) >= 11 is 6.94. The van der Waals surface area contributed by atoms with Crippen LogP contribution in [0.4, 0.5) is 0 Å². The van der Waals surface area contributed by atoms with Crippen LogP contribution in [0.15, 0.2) is 27.5 Å². The smallest absolute Gasteiger partial charge is 0.138 e. The second kappa shape index (κ2) is 5.90. The number of nitrogens with one attached hydrogen (secondary N) is 1. The van der Waals surface area contributed by atoms with E-state index in [1.54, 1.807) is 17.2 Å². The van der Waals surface area contributed by atoms with Crippen LogP contribution >= 0.6 is 31.9 Å². The molecule has 0 aromatic carbocycles. The van der Waals surface area contributed by atoms with Crippen LogP contribution in [-0.4, -0.2) is 26.8 Å². The number of halogens is 2. The fourth-order valence-electron chi connectivity index (χ4n) is 1.70. The normalized spacial score (nSPS) is 12.7. The molecule has 0 fully saturated rings. The van der Waals surface area contributed by atoms with Gasteiger partial charge in [-0.1, -0.05) is 0 Å². The zero-order valence-corrected chi connectivity index (χ0v) is 13.2. The van der Waals surface area contributed by atoms with Crippen molar-refractivity contribution in [3.8, 4) is 0 Å². The van der Waals surface area contributed by atoms with Gasteiger partial charge in [0, 0.05) is 28.6 Å². The first-order valence-electron chi connectivity index (χ1n) is 5.43. The lowest BCUT2D eigenvalue weighted by Crippen LogP contribution is -2.22. The third-order valence-corrected chi connectivity index (χ3v) is 3.78. The van der Waals surface area contributed by atoms with Crippen molar-refractivity contribution in [3.63, 3.8) is 0 Å². The van der Waals surface area contributed by atoms with Crippen molar-refractivity contribution in [2.45, 2.75) is 12.5 Å². The molecule has 0 radical (unpaired) electrons. The number of likely N-dealkylation sites (N-methyl/N-ethyl adjacent to an activating group) is 1. The third kappa shape index (κ3) is 2.96. The summed E-state index contributed by atoms with van der Waals surface area (Å²) < 4.78 is 3.70. The zero-order valence-electron chi connectivity index (χ0n) is 10.1. The molecule has 0 amide bonds. The number of aromatic nitrogens is 4. The van der Waals surface area contributed by atoms with Gasteiger partial charge in [-0.2, -0.15) is 5.10 Å². The summed E-state index contributed by atoms with van der Waals surface area (Å²) in [5.74, 6) is 0.922. The van der Waals surface area contributed by atoms with Crippen LogP contribution in [0.5, 0.6) is 0 Å². The summed E-state index contributed by atoms with van der Waals surface area (Å²) in [6.45, 7) is 0. The molecular weight excluding hydrogens is 362 g/mol. The summed E-state index contributed by atoms with van der Waals surface area (Å²) in [7, 11) is 3.80. The van der Waals surface area contributed by atoms with Crippen LogP contribution in [0.1, 0.15) is 17.6 Å². The molecule has 2 aromatic rings. The van der Waals surface area contributed by atoms with E-state index in [0.717, 1.165) is 26.9 Å². The van der Waals surface area contributed by atoms with E-state index in [-0.39, 0.29) is 6.04 Å². The Morgan fingerprint density at radius 3 is 2.72 bits per heavy atom. The Morgan fingerprint density at radius 1 is 1.39 bits per heavy atom. The van der Waals surface area contributed by atoms with Crippen molar-refractivity contribution in [2.24, 2.45) is 7.05 Å². The summed E-state index contributed by atoms with van der Waals surface area (Å²) in [4.78, 5) is 8.68. The molecule has 0 bridgehead atoms. The summed E-state index contributed by atoms with van der Waals surface area (Å²) in [6.07, 6.45) is 4.09. The summed E-state index contributed by atoms with van der Waals surface area (Å²) in [5.41, 5.74) is 0.962. The highest BCUT2D eigenvalue weighted by Gasteiger charge is 2.17. The minimum atomic E-state index is 0.0929. The molecule has 0 aliphatic heterocycles. The van der Waals surface area contributed by atoms with Gasteiger partial charge in [-0.3, -0.25) is 9.67 Å². The van der Waals surface area contributed by atoms with E-state index in [0.29, 0.717) is 0 Å². The standard InChI is InChI=1S/C11H13Br2N5/c1-14-9(4-10-16-6-17-18(10)2)11-8(13)3-7(12)5-15-11/h3,5-6,9,14H,4H2,1-2H3. The number of rotatable bonds is 4. The highest BCUT2D eigenvalue weighted by Crippen LogP contribution is 2.26. The summed E-state index contributed by atoms with van der Waals surface area (Å²) in [6, 6.07) is 2.08. The van der Waals surface area contributed by atoms with Crippen LogP contribution in [0.25, 0.3) is 0 Å². The first kappa shape index (κ1) is 13.6. The SMILES string of the molecule is CNC(Cc1ncnn1C)c1ncc(Br)cc1Br. The number of hydrogen-bond donors (Lipinski definition) is 1. The maximum absolute atomic E-state index is 4.45. The first-order chi connectivity index (χ1) is 8.61. The Hall–Kier alpha value is -0.790. The molecule has 0 saturated carbocycles. The van der Waals surface area contributed by atoms with Gasteiger partial charge in [0.25, 0.3) is 0 Å². The van der Waals surface area contributed by atoms with Gasteiger partial charge in [0.2, 0.25) is 0 Å². The molecule has 0 aliphatic carbocycles. The van der Waals surface area contributed by atoms with Crippen molar-refractivity contribution < 1.29 is 0 Å². The predicted octanol–water partition coefficient (Wildman–Crippen LogP) is 2.24. The lowest BCUT2D eigenvalue weighted by atomic mass is 10.1. The molecule has 0 aliphatic rings. The van der Waals surface area contributed by atoms with Gasteiger partial charge >= 0.3 is 0 Å². The Kier molecular flexibility index (Phi) is 4.47. The number of aryl methyl sites for hydroxylation is 1. The number of pyridine rings is 1. The van der Waals surface area contributed by atoms with Gasteiger partial charge in [0.05, 0.1) is 11.7 Å². The van der Waals surface area contributed by atoms with Crippen LogP contribution < -0.4 is 5.32 Å². The van der Waals surface area contributed by atoms with Crippen molar-refractivity contribution in [3.05, 3.63) is 39.1 Å². The van der Waals surface area contributed by atoms with E-state index in [2.05, 4.69) is 52.2 Å². The zero-order chi connectivity index (χ0) is 13.1. The van der Waals surface area contributed by atoms with Crippen molar-refractivity contribution in [1.82, 2.24) is 25.1 Å². The monoisotopic (exact) mass is 373 g/mol. The number of hydrogen-bond acceptors (Lipinski definition) is 4. The van der Waals surface area contributed by atoms with Crippen molar-refractivity contribution >= 4 is 31.9 Å². The Labute approximate surface area is 122 Å². The van der Waals surface area contributed by atoms with Crippen molar-refractivity contribution in [1.29, 1.82) is 0 Å². The second-order valence-corrected chi connectivity index (χ2v) is 5.64. The van der Waals surface area contributed by atoms with Gasteiger partial charge in [-0.25, -0.2) is 4.98 Å². The average molecular weight is 375 g/mol. The van der Waals surface area contributed by atoms with E-state index in [9.17, 15) is 0 Å². The molecule has 0 spiro atoms. The van der Waals surface area contributed by atoms with E-state index in [1.165, 1.54) is 0 Å². The summed E-state index contributed by atoms with van der Waals surface area (Å²) in [5, 5.41) is 7.33. The van der Waals surface area contributed by atoms with Gasteiger partial charge in [-0.05, 0) is 45.0 Å². The topological polar surface area (TPSA) is 55.6 Å². The van der Waals surface area contributed by atoms with Crippen LogP contribution in [-0.2, 0) is 13.5 Å². The highest BCUT2D eigenvalue weighted by molar-refractivity contribution is 9.11. The number of nitrogens with zero attached hydrogens (tertiary/aromatic N) is 4. The predicted molar refractivity (Wildman–Crippen MR) is 76.1 cm³/mol. The quantitative estimate of drug-likeness (QED) is 0.891. The molecule has 7 heteroatoms. The lowest BCUT2D eigenvalue weighted by molar-refractivity contribution is 0.539. The maximum atomic E-state index is 4.45. The molecule has 1 N–H and O–H groups in total. The second-order valence-electron chi connectivity index (χ2n) is 3.87. The third-order valence-electron chi connectivity index (χ3n) is 2.71. The fraction of sp³-hybridized carbons (Fsp3) is 0.364. The molecule has 2 heterocycles.